The largest absolute Gasteiger partial charge is 0.444 e. The van der Waals surface area contributed by atoms with Crippen molar-refractivity contribution in [2.45, 2.75) is 90.6 Å². The summed E-state index contributed by atoms with van der Waals surface area (Å²) in [4.78, 5) is 49.6. The van der Waals surface area contributed by atoms with Crippen LogP contribution in [-0.4, -0.2) is 65.3 Å². The Morgan fingerprint density at radius 1 is 1.17 bits per heavy atom. The van der Waals surface area contributed by atoms with E-state index in [-0.39, 0.29) is 24.8 Å². The van der Waals surface area contributed by atoms with Crippen molar-refractivity contribution in [2.75, 3.05) is 6.54 Å². The van der Waals surface area contributed by atoms with Crippen LogP contribution in [0.2, 0.25) is 0 Å². The normalized spacial score (nSPS) is 27.0. The molecule has 10 nitrogen and oxygen atoms in total. The minimum Gasteiger partial charge on any atom is -0.444 e. The van der Waals surface area contributed by atoms with Crippen molar-refractivity contribution in [3.8, 4) is 0 Å². The molecule has 172 valence electrons. The van der Waals surface area contributed by atoms with E-state index in [9.17, 15) is 24.3 Å². The second kappa shape index (κ2) is 11.1. The lowest BCUT2D eigenvalue weighted by Crippen LogP contribution is -2.56. The molecule has 0 bridgehead atoms. The second-order valence-corrected chi connectivity index (χ2v) is 9.06. The summed E-state index contributed by atoms with van der Waals surface area (Å²) < 4.78 is 5.20. The number of alkyl carbamates (subject to hydrolysis) is 1. The fourth-order valence-electron chi connectivity index (χ4n) is 2.95. The zero-order valence-electron chi connectivity index (χ0n) is 18.7. The Morgan fingerprint density at radius 2 is 1.80 bits per heavy atom. The van der Waals surface area contributed by atoms with E-state index in [1.54, 1.807) is 20.8 Å². The predicted molar refractivity (Wildman–Crippen MR) is 110 cm³/mol. The summed E-state index contributed by atoms with van der Waals surface area (Å²) in [6, 6.07) is -2.66. The molecule has 1 aliphatic heterocycles. The third-order valence-electron chi connectivity index (χ3n) is 4.43. The molecule has 1 saturated heterocycles. The molecule has 0 aliphatic carbocycles. The van der Waals surface area contributed by atoms with Crippen LogP contribution in [0.25, 0.3) is 0 Å². The summed E-state index contributed by atoms with van der Waals surface area (Å²) in [7, 11) is 0. The van der Waals surface area contributed by atoms with Crippen LogP contribution in [0.15, 0.2) is 0 Å². The highest BCUT2D eigenvalue weighted by molar-refractivity contribution is 5.91. The highest BCUT2D eigenvalue weighted by atomic mass is 16.6. The average molecular weight is 429 g/mol. The van der Waals surface area contributed by atoms with E-state index in [0.29, 0.717) is 12.8 Å². The molecule has 0 radical (unpaired) electrons. The number of ether oxygens (including phenoxy) is 1. The third kappa shape index (κ3) is 8.98. The van der Waals surface area contributed by atoms with Crippen LogP contribution in [0.3, 0.4) is 0 Å². The Morgan fingerprint density at radius 3 is 2.37 bits per heavy atom. The molecule has 0 saturated carbocycles. The topological polar surface area (TPSA) is 146 Å². The summed E-state index contributed by atoms with van der Waals surface area (Å²) >= 11 is 0. The van der Waals surface area contributed by atoms with Gasteiger partial charge in [-0.2, -0.15) is 0 Å². The minimum absolute atomic E-state index is 0.147. The van der Waals surface area contributed by atoms with Gasteiger partial charge in [-0.3, -0.25) is 14.4 Å². The van der Waals surface area contributed by atoms with Crippen LogP contribution in [0.5, 0.6) is 0 Å². The van der Waals surface area contributed by atoms with Crippen molar-refractivity contribution in [3.63, 3.8) is 0 Å². The summed E-state index contributed by atoms with van der Waals surface area (Å²) in [5.74, 6) is -1.51. The van der Waals surface area contributed by atoms with Gasteiger partial charge in [0.1, 0.15) is 17.7 Å². The van der Waals surface area contributed by atoms with Gasteiger partial charge in [-0.1, -0.05) is 13.8 Å². The Bertz CT molecular complexity index is 631. The van der Waals surface area contributed by atoms with Gasteiger partial charge in [0.05, 0.1) is 6.04 Å². The molecule has 10 heteroatoms. The highest BCUT2D eigenvalue weighted by Gasteiger charge is 2.32. The maximum Gasteiger partial charge on any atom is 0.408 e. The number of aliphatic hydroxyl groups is 1. The molecule has 5 N–H and O–H groups in total. The molecule has 0 aromatic heterocycles. The fourth-order valence-corrected chi connectivity index (χ4v) is 2.95. The number of hydrogen-bond donors (Lipinski definition) is 5. The molecule has 2 unspecified atom stereocenters. The Labute approximate surface area is 177 Å². The van der Waals surface area contributed by atoms with Gasteiger partial charge in [-0.25, -0.2) is 4.79 Å². The Balaban J connectivity index is 2.97. The van der Waals surface area contributed by atoms with Gasteiger partial charge in [0, 0.05) is 6.54 Å². The number of carbonyl (C=O) groups is 4. The highest BCUT2D eigenvalue weighted by Crippen LogP contribution is 2.10. The first kappa shape index (κ1) is 25.7. The first-order valence-corrected chi connectivity index (χ1v) is 10.4. The molecule has 1 heterocycles. The molecule has 0 spiro atoms. The third-order valence-corrected chi connectivity index (χ3v) is 4.43. The number of hydrogen-bond acceptors (Lipinski definition) is 6. The van der Waals surface area contributed by atoms with Crippen molar-refractivity contribution in [2.24, 2.45) is 5.92 Å². The first-order valence-electron chi connectivity index (χ1n) is 10.4. The van der Waals surface area contributed by atoms with Crippen LogP contribution >= 0.6 is 0 Å². The molecule has 0 aromatic carbocycles. The molecule has 1 rings (SSSR count). The lowest BCUT2D eigenvalue weighted by Gasteiger charge is -2.26. The quantitative estimate of drug-likeness (QED) is 0.434. The number of carbonyl (C=O) groups excluding carboxylic acids is 4. The molecule has 4 atom stereocenters. The molecule has 1 fully saturated rings. The van der Waals surface area contributed by atoms with Gasteiger partial charge in [-0.15, -0.1) is 0 Å². The van der Waals surface area contributed by atoms with Gasteiger partial charge in [-0.05, 0) is 52.9 Å². The average Bonchev–Trinajstić information content (AvgIpc) is 2.60. The molecule has 30 heavy (non-hydrogen) atoms. The Kier molecular flexibility index (Phi) is 9.54. The minimum atomic E-state index is -1.56. The lowest BCUT2D eigenvalue weighted by molar-refractivity contribution is -0.136. The van der Waals surface area contributed by atoms with E-state index >= 15 is 0 Å². The van der Waals surface area contributed by atoms with E-state index < -0.39 is 47.7 Å². The van der Waals surface area contributed by atoms with Crippen LogP contribution in [0.4, 0.5) is 4.79 Å². The van der Waals surface area contributed by atoms with Crippen molar-refractivity contribution >= 4 is 23.8 Å². The van der Waals surface area contributed by atoms with Gasteiger partial charge < -0.3 is 31.1 Å². The van der Waals surface area contributed by atoms with E-state index in [2.05, 4.69) is 21.3 Å². The maximum atomic E-state index is 12.6. The summed E-state index contributed by atoms with van der Waals surface area (Å²) in [6.07, 6.45) is -1.24. The van der Waals surface area contributed by atoms with Crippen molar-refractivity contribution < 1.29 is 29.0 Å². The van der Waals surface area contributed by atoms with Crippen molar-refractivity contribution in [1.82, 2.24) is 21.3 Å². The van der Waals surface area contributed by atoms with Crippen LogP contribution < -0.4 is 21.3 Å². The van der Waals surface area contributed by atoms with Crippen molar-refractivity contribution in [1.29, 1.82) is 0 Å². The first-order chi connectivity index (χ1) is 13.8. The van der Waals surface area contributed by atoms with E-state index in [4.69, 9.17) is 4.74 Å². The van der Waals surface area contributed by atoms with Crippen LogP contribution in [0.1, 0.15) is 60.8 Å². The Hall–Kier alpha value is -2.36. The molecular formula is C20H36N4O6. The number of aliphatic hydroxyl groups excluding tert-OH is 1. The smallest absolute Gasteiger partial charge is 0.408 e. The number of nitrogens with one attached hydrogen (secondary N) is 4. The van der Waals surface area contributed by atoms with Gasteiger partial charge in [0.15, 0.2) is 6.10 Å². The van der Waals surface area contributed by atoms with Crippen molar-refractivity contribution in [3.05, 3.63) is 0 Å². The van der Waals surface area contributed by atoms with Gasteiger partial charge in [0.2, 0.25) is 11.8 Å². The molecule has 0 aromatic rings. The second-order valence-electron chi connectivity index (χ2n) is 9.06. The SMILES string of the molecule is CC(C)CC1NC(=O)C(O)[C@H](C)NC(=O)[C@@H](NC(=O)OC(C)(C)C)CCCNC1=O. The van der Waals surface area contributed by atoms with E-state index in [1.807, 2.05) is 13.8 Å². The molecule has 4 amide bonds. The zero-order chi connectivity index (χ0) is 23.1. The van der Waals surface area contributed by atoms with Gasteiger partial charge in [0.25, 0.3) is 5.91 Å². The van der Waals surface area contributed by atoms with Crippen LogP contribution in [-0.2, 0) is 19.1 Å². The van der Waals surface area contributed by atoms with E-state index in [0.717, 1.165) is 0 Å². The number of rotatable bonds is 3. The monoisotopic (exact) mass is 428 g/mol. The van der Waals surface area contributed by atoms with Gasteiger partial charge >= 0.3 is 6.09 Å². The summed E-state index contributed by atoms with van der Waals surface area (Å²) in [5.41, 5.74) is -0.731. The summed E-state index contributed by atoms with van der Waals surface area (Å²) in [6.45, 7) is 10.7. The molecule has 1 aliphatic rings. The predicted octanol–water partition coefficient (Wildman–Crippen LogP) is 0.186. The summed E-state index contributed by atoms with van der Waals surface area (Å²) in [5, 5.41) is 20.7. The number of amides is 4. The van der Waals surface area contributed by atoms with Crippen LogP contribution in [0, 0.1) is 5.92 Å². The standard InChI is InChI=1S/C20H36N4O6/c1-11(2)10-14-16(26)21-9-7-8-13(24-19(29)30-20(4,5)6)17(27)22-12(3)15(25)18(28)23-14/h11-15,25H,7-10H2,1-6H3,(H,21,26)(H,22,27)(H,23,28)(H,24,29)/t12-,13-,14?,15?/m0/s1. The van der Waals surface area contributed by atoms with E-state index in [1.165, 1.54) is 6.92 Å². The lowest BCUT2D eigenvalue weighted by atomic mass is 10.0. The zero-order valence-corrected chi connectivity index (χ0v) is 18.7. The fraction of sp³-hybridized carbons (Fsp3) is 0.800. The maximum absolute atomic E-state index is 12.6. The molecular weight excluding hydrogens is 392 g/mol.